The van der Waals surface area contributed by atoms with Crippen molar-refractivity contribution in [1.29, 1.82) is 0 Å². The summed E-state index contributed by atoms with van der Waals surface area (Å²) in [6, 6.07) is 8.90. The van der Waals surface area contributed by atoms with Crippen LogP contribution in [-0.4, -0.2) is 55.2 Å². The van der Waals surface area contributed by atoms with Crippen LogP contribution in [0.15, 0.2) is 36.4 Å². The molecule has 0 N–H and O–H groups in total. The van der Waals surface area contributed by atoms with Crippen LogP contribution in [0, 0.1) is 18.6 Å². The minimum atomic E-state index is -0.872. The standard InChI is InChI=1S/C21H21F2N3O2S/c1-14-2-5-18-19(12-14)29-21(24-18)26(7-6-25-8-10-28-11-9-25)20(27)16-4-3-15(22)13-17(16)23/h2-5,12-13H,6-11H2,1H3. The average Bonchev–Trinajstić information content (AvgIpc) is 3.11. The molecule has 1 aromatic heterocycles. The minimum absolute atomic E-state index is 0.163. The second kappa shape index (κ2) is 8.52. The second-order valence-corrected chi connectivity index (χ2v) is 8.01. The van der Waals surface area contributed by atoms with Gasteiger partial charge in [0, 0.05) is 32.2 Å². The summed E-state index contributed by atoms with van der Waals surface area (Å²) in [6.07, 6.45) is 0. The Kier molecular flexibility index (Phi) is 5.84. The number of carbonyl (C=O) groups excluding carboxylic acids is 1. The van der Waals surface area contributed by atoms with Gasteiger partial charge in [-0.3, -0.25) is 14.6 Å². The smallest absolute Gasteiger partial charge is 0.263 e. The van der Waals surface area contributed by atoms with E-state index in [1.54, 1.807) is 0 Å². The van der Waals surface area contributed by atoms with Crippen LogP contribution in [0.25, 0.3) is 10.2 Å². The van der Waals surface area contributed by atoms with Crippen LogP contribution >= 0.6 is 11.3 Å². The summed E-state index contributed by atoms with van der Waals surface area (Å²) < 4.78 is 33.9. The van der Waals surface area contributed by atoms with E-state index in [9.17, 15) is 13.6 Å². The molecular weight excluding hydrogens is 396 g/mol. The van der Waals surface area contributed by atoms with E-state index >= 15 is 0 Å². The van der Waals surface area contributed by atoms with Crippen LogP contribution in [-0.2, 0) is 4.74 Å². The van der Waals surface area contributed by atoms with Crippen LogP contribution in [0.2, 0.25) is 0 Å². The molecule has 1 aliphatic rings. The molecule has 3 aromatic rings. The Morgan fingerprint density at radius 2 is 2.00 bits per heavy atom. The van der Waals surface area contributed by atoms with Gasteiger partial charge in [0.2, 0.25) is 0 Å². The van der Waals surface area contributed by atoms with Gasteiger partial charge in [0.1, 0.15) is 11.6 Å². The lowest BCUT2D eigenvalue weighted by Crippen LogP contribution is -2.43. The first-order valence-electron chi connectivity index (χ1n) is 9.45. The third-order valence-electron chi connectivity index (χ3n) is 4.91. The number of aromatic nitrogens is 1. The van der Waals surface area contributed by atoms with Gasteiger partial charge in [0.05, 0.1) is 29.0 Å². The largest absolute Gasteiger partial charge is 0.379 e. The molecule has 2 heterocycles. The summed E-state index contributed by atoms with van der Waals surface area (Å²) in [5.74, 6) is -2.11. The Morgan fingerprint density at radius 1 is 1.21 bits per heavy atom. The highest BCUT2D eigenvalue weighted by atomic mass is 32.1. The van der Waals surface area contributed by atoms with E-state index in [-0.39, 0.29) is 5.56 Å². The normalized spacial score (nSPS) is 15.0. The number of halogens is 2. The van der Waals surface area contributed by atoms with Crippen molar-refractivity contribution in [2.24, 2.45) is 0 Å². The van der Waals surface area contributed by atoms with Crippen LogP contribution in [0.4, 0.5) is 13.9 Å². The number of nitrogens with zero attached hydrogens (tertiary/aromatic N) is 3. The first-order valence-corrected chi connectivity index (χ1v) is 10.3. The molecule has 2 aromatic carbocycles. The lowest BCUT2D eigenvalue weighted by Gasteiger charge is -2.29. The summed E-state index contributed by atoms with van der Waals surface area (Å²) in [5.41, 5.74) is 1.73. The lowest BCUT2D eigenvalue weighted by molar-refractivity contribution is 0.0391. The van der Waals surface area contributed by atoms with Gasteiger partial charge >= 0.3 is 0 Å². The van der Waals surface area contributed by atoms with Crippen molar-refractivity contribution >= 4 is 32.6 Å². The van der Waals surface area contributed by atoms with Gasteiger partial charge in [0.25, 0.3) is 5.91 Å². The fraction of sp³-hybridized carbons (Fsp3) is 0.333. The Balaban J connectivity index is 1.66. The number of ether oxygens (including phenoxy) is 1. The fourth-order valence-electron chi connectivity index (χ4n) is 3.29. The maximum Gasteiger partial charge on any atom is 0.263 e. The Labute approximate surface area is 171 Å². The second-order valence-electron chi connectivity index (χ2n) is 7.00. The number of benzene rings is 2. The molecule has 0 aliphatic carbocycles. The molecule has 1 aliphatic heterocycles. The molecule has 1 saturated heterocycles. The highest BCUT2D eigenvalue weighted by molar-refractivity contribution is 7.22. The maximum atomic E-state index is 14.3. The molecule has 29 heavy (non-hydrogen) atoms. The van der Waals surface area contributed by atoms with Crippen LogP contribution in [0.3, 0.4) is 0 Å². The number of aryl methyl sites for hydroxylation is 1. The first-order chi connectivity index (χ1) is 14.0. The first kappa shape index (κ1) is 19.9. The van der Waals surface area contributed by atoms with Crippen molar-refractivity contribution in [2.45, 2.75) is 6.92 Å². The van der Waals surface area contributed by atoms with Gasteiger partial charge in [-0.1, -0.05) is 17.4 Å². The summed E-state index contributed by atoms with van der Waals surface area (Å²) in [6.45, 7) is 5.84. The van der Waals surface area contributed by atoms with E-state index < -0.39 is 17.5 Å². The van der Waals surface area contributed by atoms with Crippen molar-refractivity contribution in [2.75, 3.05) is 44.3 Å². The van der Waals surface area contributed by atoms with E-state index in [1.165, 1.54) is 22.3 Å². The summed E-state index contributed by atoms with van der Waals surface area (Å²) in [4.78, 5) is 21.5. The van der Waals surface area contributed by atoms with Crippen molar-refractivity contribution in [3.8, 4) is 0 Å². The SMILES string of the molecule is Cc1ccc2nc(N(CCN3CCOCC3)C(=O)c3ccc(F)cc3F)sc2c1. The number of morpholine rings is 1. The van der Waals surface area contributed by atoms with Gasteiger partial charge in [-0.25, -0.2) is 13.8 Å². The molecule has 5 nitrogen and oxygen atoms in total. The number of rotatable bonds is 5. The zero-order valence-electron chi connectivity index (χ0n) is 16.0. The monoisotopic (exact) mass is 417 g/mol. The predicted octanol–water partition coefficient (Wildman–Crippen LogP) is 3.86. The topological polar surface area (TPSA) is 45.7 Å². The Hall–Kier alpha value is -2.42. The molecule has 0 spiro atoms. The number of fused-ring (bicyclic) bond motifs is 1. The number of carbonyl (C=O) groups is 1. The number of anilines is 1. The minimum Gasteiger partial charge on any atom is -0.379 e. The molecule has 0 bridgehead atoms. The molecule has 0 unspecified atom stereocenters. The quantitative estimate of drug-likeness (QED) is 0.633. The summed E-state index contributed by atoms with van der Waals surface area (Å²) >= 11 is 1.39. The zero-order chi connectivity index (χ0) is 20.4. The van der Waals surface area contributed by atoms with Crippen molar-refractivity contribution in [3.05, 3.63) is 59.2 Å². The molecule has 0 atom stereocenters. The predicted molar refractivity (Wildman–Crippen MR) is 110 cm³/mol. The van der Waals surface area contributed by atoms with E-state index in [2.05, 4.69) is 9.88 Å². The number of thiazole rings is 1. The molecule has 0 saturated carbocycles. The van der Waals surface area contributed by atoms with Crippen LogP contribution < -0.4 is 4.90 Å². The van der Waals surface area contributed by atoms with Crippen LogP contribution in [0.5, 0.6) is 0 Å². The number of hydrogen-bond donors (Lipinski definition) is 0. The van der Waals surface area contributed by atoms with E-state index in [1.807, 2.05) is 25.1 Å². The molecule has 1 amide bonds. The lowest BCUT2D eigenvalue weighted by atomic mass is 10.2. The van der Waals surface area contributed by atoms with Gasteiger partial charge in [-0.05, 0) is 36.8 Å². The van der Waals surface area contributed by atoms with E-state index in [0.717, 1.165) is 41.0 Å². The van der Waals surface area contributed by atoms with Gasteiger partial charge in [0.15, 0.2) is 5.13 Å². The molecular formula is C21H21F2N3O2S. The Bertz CT molecular complexity index is 1030. The van der Waals surface area contributed by atoms with E-state index in [0.29, 0.717) is 31.4 Å². The van der Waals surface area contributed by atoms with Crippen molar-refractivity contribution in [1.82, 2.24) is 9.88 Å². The molecule has 8 heteroatoms. The van der Waals surface area contributed by atoms with Gasteiger partial charge in [-0.2, -0.15) is 0 Å². The summed E-state index contributed by atoms with van der Waals surface area (Å²) in [7, 11) is 0. The highest BCUT2D eigenvalue weighted by Crippen LogP contribution is 2.30. The maximum absolute atomic E-state index is 14.3. The molecule has 152 valence electrons. The average molecular weight is 417 g/mol. The zero-order valence-corrected chi connectivity index (χ0v) is 16.8. The van der Waals surface area contributed by atoms with Crippen molar-refractivity contribution in [3.63, 3.8) is 0 Å². The Morgan fingerprint density at radius 3 is 2.76 bits per heavy atom. The molecule has 4 rings (SSSR count). The third-order valence-corrected chi connectivity index (χ3v) is 5.95. The van der Waals surface area contributed by atoms with Crippen molar-refractivity contribution < 1.29 is 18.3 Å². The number of hydrogen-bond acceptors (Lipinski definition) is 5. The van der Waals surface area contributed by atoms with Crippen LogP contribution in [0.1, 0.15) is 15.9 Å². The highest BCUT2D eigenvalue weighted by Gasteiger charge is 2.25. The summed E-state index contributed by atoms with van der Waals surface area (Å²) in [5, 5.41) is 0.507. The molecule has 0 radical (unpaired) electrons. The van der Waals surface area contributed by atoms with Gasteiger partial charge in [-0.15, -0.1) is 0 Å². The fourth-order valence-corrected chi connectivity index (χ4v) is 4.38. The van der Waals surface area contributed by atoms with Gasteiger partial charge < -0.3 is 4.74 Å². The number of amides is 1. The van der Waals surface area contributed by atoms with E-state index in [4.69, 9.17) is 4.74 Å². The molecule has 1 fully saturated rings. The third kappa shape index (κ3) is 4.44.